The van der Waals surface area contributed by atoms with E-state index >= 15 is 0 Å². The molecular formula is C9H15N3S. The summed E-state index contributed by atoms with van der Waals surface area (Å²) in [5, 5.41) is 1.08. The van der Waals surface area contributed by atoms with Crippen molar-refractivity contribution in [3.8, 4) is 0 Å². The van der Waals surface area contributed by atoms with Crippen LogP contribution in [0.15, 0.2) is 0 Å². The number of nitrogens with zero attached hydrogens (tertiary/aromatic N) is 2. The van der Waals surface area contributed by atoms with E-state index in [1.54, 1.807) is 11.3 Å². The van der Waals surface area contributed by atoms with Gasteiger partial charge in [0.05, 0.1) is 11.7 Å². The van der Waals surface area contributed by atoms with E-state index in [0.717, 1.165) is 24.5 Å². The minimum atomic E-state index is 0.0842. The molecule has 0 spiro atoms. The molecule has 2 N–H and O–H groups in total. The lowest BCUT2D eigenvalue weighted by atomic mass is 10.2. The Bertz CT molecular complexity index is 306. The van der Waals surface area contributed by atoms with Crippen molar-refractivity contribution in [1.29, 1.82) is 0 Å². The first-order chi connectivity index (χ1) is 6.16. The van der Waals surface area contributed by atoms with Crippen LogP contribution in [0.4, 0.5) is 0 Å². The molecule has 2 rings (SSSR count). The fourth-order valence-corrected chi connectivity index (χ4v) is 2.68. The maximum Gasteiger partial charge on any atom is 0.110 e. The van der Waals surface area contributed by atoms with Crippen molar-refractivity contribution in [3.05, 3.63) is 15.6 Å². The third kappa shape index (κ3) is 1.75. The lowest BCUT2D eigenvalue weighted by molar-refractivity contribution is 0.314. The van der Waals surface area contributed by atoms with E-state index in [1.807, 2.05) is 6.92 Å². The van der Waals surface area contributed by atoms with Crippen LogP contribution in [0.3, 0.4) is 0 Å². The van der Waals surface area contributed by atoms with E-state index in [-0.39, 0.29) is 6.04 Å². The summed E-state index contributed by atoms with van der Waals surface area (Å²) in [6, 6.07) is 0.0842. The van der Waals surface area contributed by atoms with Crippen molar-refractivity contribution in [3.63, 3.8) is 0 Å². The molecule has 0 saturated heterocycles. The van der Waals surface area contributed by atoms with Crippen LogP contribution in [-0.2, 0) is 13.0 Å². The van der Waals surface area contributed by atoms with Gasteiger partial charge in [-0.25, -0.2) is 4.98 Å². The second-order valence-electron chi connectivity index (χ2n) is 3.70. The van der Waals surface area contributed by atoms with Gasteiger partial charge in [0.2, 0.25) is 0 Å². The lowest BCUT2D eigenvalue weighted by Crippen LogP contribution is -2.25. The number of nitrogens with two attached hydrogens (primary N) is 1. The molecule has 0 fully saturated rings. The summed E-state index contributed by atoms with van der Waals surface area (Å²) >= 11 is 1.77. The Balaban J connectivity index is 2.28. The number of fused-ring (bicyclic) bond motifs is 1. The largest absolute Gasteiger partial charge is 0.322 e. The highest BCUT2D eigenvalue weighted by Crippen LogP contribution is 2.26. The molecule has 0 radical (unpaired) electrons. The quantitative estimate of drug-likeness (QED) is 0.734. The van der Waals surface area contributed by atoms with Gasteiger partial charge in [0.15, 0.2) is 0 Å². The summed E-state index contributed by atoms with van der Waals surface area (Å²) in [6.45, 7) is 4.16. The summed E-state index contributed by atoms with van der Waals surface area (Å²) in [5.74, 6) is 0. The van der Waals surface area contributed by atoms with Crippen LogP contribution in [-0.4, -0.2) is 23.5 Å². The Labute approximate surface area is 82.6 Å². The average molecular weight is 197 g/mol. The third-order valence-electron chi connectivity index (χ3n) is 2.33. The van der Waals surface area contributed by atoms with Crippen LogP contribution in [0.1, 0.15) is 28.5 Å². The number of rotatable bonds is 1. The molecule has 72 valence electrons. The van der Waals surface area contributed by atoms with Gasteiger partial charge >= 0.3 is 0 Å². The van der Waals surface area contributed by atoms with Gasteiger partial charge in [0.1, 0.15) is 5.01 Å². The molecule has 1 aromatic rings. The third-order valence-corrected chi connectivity index (χ3v) is 3.61. The molecule has 0 saturated carbocycles. The fraction of sp³-hybridized carbons (Fsp3) is 0.667. The second kappa shape index (κ2) is 3.36. The Morgan fingerprint density at radius 3 is 3.08 bits per heavy atom. The van der Waals surface area contributed by atoms with E-state index in [9.17, 15) is 0 Å². The Kier molecular flexibility index (Phi) is 2.36. The molecule has 1 aliphatic rings. The van der Waals surface area contributed by atoms with Gasteiger partial charge in [-0.15, -0.1) is 11.3 Å². The molecule has 0 aromatic carbocycles. The van der Waals surface area contributed by atoms with E-state index < -0.39 is 0 Å². The molecule has 13 heavy (non-hydrogen) atoms. The highest BCUT2D eigenvalue weighted by atomic mass is 32.1. The van der Waals surface area contributed by atoms with Gasteiger partial charge in [0.25, 0.3) is 0 Å². The van der Waals surface area contributed by atoms with Crippen molar-refractivity contribution < 1.29 is 0 Å². The predicted octanol–water partition coefficient (Wildman–Crippen LogP) is 1.15. The molecule has 4 heteroatoms. The van der Waals surface area contributed by atoms with Crippen LogP contribution in [0.5, 0.6) is 0 Å². The van der Waals surface area contributed by atoms with Crippen molar-refractivity contribution >= 4 is 11.3 Å². The Morgan fingerprint density at radius 1 is 1.62 bits per heavy atom. The summed E-state index contributed by atoms with van der Waals surface area (Å²) in [7, 11) is 2.15. The molecule has 1 unspecified atom stereocenters. The molecule has 1 atom stereocenters. The van der Waals surface area contributed by atoms with Crippen molar-refractivity contribution in [2.75, 3.05) is 13.6 Å². The summed E-state index contributed by atoms with van der Waals surface area (Å²) < 4.78 is 0. The first-order valence-corrected chi connectivity index (χ1v) is 5.41. The highest BCUT2D eigenvalue weighted by Gasteiger charge is 2.18. The van der Waals surface area contributed by atoms with Gasteiger partial charge < -0.3 is 10.6 Å². The fourth-order valence-electron chi connectivity index (χ4n) is 1.54. The SMILES string of the molecule is CC(N)c1nc2c(s1)CN(C)CC2. The molecule has 0 amide bonds. The maximum absolute atomic E-state index is 5.79. The van der Waals surface area contributed by atoms with Gasteiger partial charge in [-0.05, 0) is 14.0 Å². The van der Waals surface area contributed by atoms with Gasteiger partial charge in [-0.2, -0.15) is 0 Å². The van der Waals surface area contributed by atoms with Gasteiger partial charge in [-0.1, -0.05) is 0 Å². The van der Waals surface area contributed by atoms with E-state index in [0.29, 0.717) is 0 Å². The van der Waals surface area contributed by atoms with Crippen molar-refractivity contribution in [2.24, 2.45) is 5.73 Å². The standard InChI is InChI=1S/C9H15N3S/c1-6(10)9-11-7-3-4-12(2)5-8(7)13-9/h6H,3-5,10H2,1-2H3. The molecule has 0 aliphatic carbocycles. The zero-order valence-corrected chi connectivity index (χ0v) is 8.90. The van der Waals surface area contributed by atoms with Crippen LogP contribution in [0, 0.1) is 0 Å². The van der Waals surface area contributed by atoms with Crippen LogP contribution >= 0.6 is 11.3 Å². The molecule has 0 bridgehead atoms. The van der Waals surface area contributed by atoms with Gasteiger partial charge in [-0.3, -0.25) is 0 Å². The number of hydrogen-bond acceptors (Lipinski definition) is 4. The minimum absolute atomic E-state index is 0.0842. The van der Waals surface area contributed by atoms with Gasteiger partial charge in [0, 0.05) is 24.4 Å². The Hall–Kier alpha value is -0.450. The molecule has 3 nitrogen and oxygen atoms in total. The number of aromatic nitrogens is 1. The smallest absolute Gasteiger partial charge is 0.110 e. The van der Waals surface area contributed by atoms with E-state index in [4.69, 9.17) is 5.73 Å². The summed E-state index contributed by atoms with van der Waals surface area (Å²) in [4.78, 5) is 8.28. The zero-order valence-electron chi connectivity index (χ0n) is 8.08. The molecule has 1 aliphatic heterocycles. The molecule has 2 heterocycles. The van der Waals surface area contributed by atoms with E-state index in [1.165, 1.54) is 10.6 Å². The molecular weight excluding hydrogens is 182 g/mol. The first-order valence-electron chi connectivity index (χ1n) is 4.59. The maximum atomic E-state index is 5.79. The normalized spacial score (nSPS) is 19.9. The molecule has 1 aromatic heterocycles. The highest BCUT2D eigenvalue weighted by molar-refractivity contribution is 7.11. The van der Waals surface area contributed by atoms with Crippen LogP contribution in [0.2, 0.25) is 0 Å². The number of hydrogen-bond donors (Lipinski definition) is 1. The summed E-state index contributed by atoms with van der Waals surface area (Å²) in [6.07, 6.45) is 1.08. The van der Waals surface area contributed by atoms with Crippen molar-refractivity contribution in [1.82, 2.24) is 9.88 Å². The number of thiazole rings is 1. The number of likely N-dealkylation sites (N-methyl/N-ethyl adjacent to an activating group) is 1. The van der Waals surface area contributed by atoms with Crippen LogP contribution in [0.25, 0.3) is 0 Å². The average Bonchev–Trinajstić information content (AvgIpc) is 2.46. The first kappa shape index (κ1) is 9.12. The van der Waals surface area contributed by atoms with Crippen molar-refractivity contribution in [2.45, 2.75) is 25.9 Å². The topological polar surface area (TPSA) is 42.1 Å². The minimum Gasteiger partial charge on any atom is -0.322 e. The Morgan fingerprint density at radius 2 is 2.38 bits per heavy atom. The predicted molar refractivity (Wildman–Crippen MR) is 54.8 cm³/mol. The van der Waals surface area contributed by atoms with Crippen LogP contribution < -0.4 is 5.73 Å². The second-order valence-corrected chi connectivity index (χ2v) is 4.81. The van der Waals surface area contributed by atoms with E-state index in [2.05, 4.69) is 16.9 Å². The summed E-state index contributed by atoms with van der Waals surface area (Å²) in [5.41, 5.74) is 7.07. The zero-order chi connectivity index (χ0) is 9.42. The lowest BCUT2D eigenvalue weighted by Gasteiger charge is -2.20. The monoisotopic (exact) mass is 197 g/mol.